The standard InChI is InChI=1S/C24H31N3O5/c1-7-16(27-22(29)32-23(2,3)4)21(28)26-15-11-12-19(25-13-15)31-18-10-8-9-17-20(18)24(5,6)14-30-17/h8-13,16H,7,14H2,1-6H3,(H,26,28)(H,27,29). The van der Waals surface area contributed by atoms with Crippen LogP contribution in [0.4, 0.5) is 10.5 Å². The molecule has 8 nitrogen and oxygen atoms in total. The van der Waals surface area contributed by atoms with Crippen molar-refractivity contribution in [2.24, 2.45) is 0 Å². The van der Waals surface area contributed by atoms with Crippen LogP contribution in [0.1, 0.15) is 53.5 Å². The fourth-order valence-electron chi connectivity index (χ4n) is 3.37. The van der Waals surface area contributed by atoms with E-state index in [-0.39, 0.29) is 11.3 Å². The lowest BCUT2D eigenvalue weighted by molar-refractivity contribution is -0.118. The Hall–Kier alpha value is -3.29. The number of carbonyl (C=O) groups is 2. The highest BCUT2D eigenvalue weighted by Gasteiger charge is 2.35. The summed E-state index contributed by atoms with van der Waals surface area (Å²) in [6.45, 7) is 11.9. The molecule has 0 aliphatic carbocycles. The van der Waals surface area contributed by atoms with Crippen molar-refractivity contribution in [2.75, 3.05) is 11.9 Å². The van der Waals surface area contributed by atoms with E-state index in [9.17, 15) is 9.59 Å². The largest absolute Gasteiger partial charge is 0.492 e. The maximum Gasteiger partial charge on any atom is 0.408 e. The van der Waals surface area contributed by atoms with Crippen molar-refractivity contribution in [2.45, 2.75) is 65.0 Å². The summed E-state index contributed by atoms with van der Waals surface area (Å²) in [6.07, 6.45) is 1.29. The summed E-state index contributed by atoms with van der Waals surface area (Å²) in [5.41, 5.74) is 0.710. The molecule has 1 atom stereocenters. The number of anilines is 1. The average molecular weight is 442 g/mol. The molecule has 32 heavy (non-hydrogen) atoms. The van der Waals surface area contributed by atoms with Crippen LogP contribution in [-0.2, 0) is 14.9 Å². The van der Waals surface area contributed by atoms with Gasteiger partial charge in [-0.1, -0.05) is 26.8 Å². The van der Waals surface area contributed by atoms with Crippen LogP contribution in [0.25, 0.3) is 0 Å². The van der Waals surface area contributed by atoms with Gasteiger partial charge < -0.3 is 24.8 Å². The van der Waals surface area contributed by atoms with Gasteiger partial charge in [0, 0.05) is 17.0 Å². The fraction of sp³-hybridized carbons (Fsp3) is 0.458. The molecule has 0 radical (unpaired) electrons. The molecule has 2 N–H and O–H groups in total. The molecule has 3 rings (SSSR count). The van der Waals surface area contributed by atoms with E-state index in [4.69, 9.17) is 14.2 Å². The second kappa shape index (κ2) is 9.06. The van der Waals surface area contributed by atoms with Crippen LogP contribution in [0.5, 0.6) is 17.4 Å². The monoisotopic (exact) mass is 441 g/mol. The van der Waals surface area contributed by atoms with Crippen molar-refractivity contribution < 1.29 is 23.8 Å². The lowest BCUT2D eigenvalue weighted by Gasteiger charge is -2.22. The maximum absolute atomic E-state index is 12.6. The first kappa shape index (κ1) is 23.4. The van der Waals surface area contributed by atoms with Crippen molar-refractivity contribution in [1.29, 1.82) is 0 Å². The first-order valence-corrected chi connectivity index (χ1v) is 10.7. The molecule has 8 heteroatoms. The number of fused-ring (bicyclic) bond motifs is 1. The predicted molar refractivity (Wildman–Crippen MR) is 121 cm³/mol. The quantitative estimate of drug-likeness (QED) is 0.669. The summed E-state index contributed by atoms with van der Waals surface area (Å²) < 4.78 is 17.0. The van der Waals surface area contributed by atoms with E-state index >= 15 is 0 Å². The number of benzene rings is 1. The number of nitrogens with zero attached hydrogens (tertiary/aromatic N) is 1. The first-order chi connectivity index (χ1) is 15.0. The summed E-state index contributed by atoms with van der Waals surface area (Å²) in [5.74, 6) is 1.56. The number of nitrogens with one attached hydrogen (secondary N) is 2. The summed E-state index contributed by atoms with van der Waals surface area (Å²) >= 11 is 0. The second-order valence-electron chi connectivity index (χ2n) is 9.39. The van der Waals surface area contributed by atoms with Gasteiger partial charge in [0.05, 0.1) is 18.5 Å². The lowest BCUT2D eigenvalue weighted by Crippen LogP contribution is -2.45. The Morgan fingerprint density at radius 1 is 1.22 bits per heavy atom. The van der Waals surface area contributed by atoms with E-state index in [0.717, 1.165) is 11.3 Å². The molecule has 2 aromatic rings. The third-order valence-electron chi connectivity index (χ3n) is 4.89. The van der Waals surface area contributed by atoms with Gasteiger partial charge in [0.15, 0.2) is 0 Å². The van der Waals surface area contributed by atoms with Crippen LogP contribution in [0.2, 0.25) is 0 Å². The minimum Gasteiger partial charge on any atom is -0.492 e. The summed E-state index contributed by atoms with van der Waals surface area (Å²) in [5, 5.41) is 5.35. The number of alkyl carbamates (subject to hydrolysis) is 1. The highest BCUT2D eigenvalue weighted by Crippen LogP contribution is 2.45. The SMILES string of the molecule is CCC(NC(=O)OC(C)(C)C)C(=O)Nc1ccc(Oc2cccc3c2C(C)(C)CO3)nc1. The third kappa shape index (κ3) is 5.69. The van der Waals surface area contributed by atoms with Crippen LogP contribution in [-0.4, -0.2) is 35.2 Å². The molecular formula is C24H31N3O5. The number of amides is 2. The number of rotatable bonds is 6. The van der Waals surface area contributed by atoms with Crippen molar-refractivity contribution in [3.05, 3.63) is 42.1 Å². The smallest absolute Gasteiger partial charge is 0.408 e. The Bertz CT molecular complexity index is 980. The van der Waals surface area contributed by atoms with Gasteiger partial charge >= 0.3 is 6.09 Å². The fourth-order valence-corrected chi connectivity index (χ4v) is 3.37. The van der Waals surface area contributed by atoms with E-state index < -0.39 is 17.7 Å². The molecule has 2 amide bonds. The zero-order valence-electron chi connectivity index (χ0n) is 19.4. The molecular weight excluding hydrogens is 410 g/mol. The Morgan fingerprint density at radius 3 is 2.59 bits per heavy atom. The number of ether oxygens (including phenoxy) is 3. The van der Waals surface area contributed by atoms with Gasteiger partial charge in [-0.3, -0.25) is 4.79 Å². The van der Waals surface area contributed by atoms with Gasteiger partial charge in [-0.05, 0) is 45.4 Å². The van der Waals surface area contributed by atoms with E-state index in [1.54, 1.807) is 39.8 Å². The third-order valence-corrected chi connectivity index (χ3v) is 4.89. The molecule has 1 unspecified atom stereocenters. The molecule has 2 heterocycles. The Morgan fingerprint density at radius 2 is 1.97 bits per heavy atom. The zero-order chi connectivity index (χ0) is 23.5. The highest BCUT2D eigenvalue weighted by molar-refractivity contribution is 5.96. The van der Waals surface area contributed by atoms with Crippen LogP contribution in [0, 0.1) is 0 Å². The molecule has 0 bridgehead atoms. The summed E-state index contributed by atoms with van der Waals surface area (Å²) in [4.78, 5) is 28.8. The highest BCUT2D eigenvalue weighted by atomic mass is 16.6. The second-order valence-corrected chi connectivity index (χ2v) is 9.39. The van der Waals surface area contributed by atoms with Gasteiger partial charge in [0.2, 0.25) is 11.8 Å². The molecule has 0 saturated carbocycles. The molecule has 0 saturated heterocycles. The number of pyridine rings is 1. The van der Waals surface area contributed by atoms with Gasteiger partial charge in [0.25, 0.3) is 0 Å². The normalized spacial score (nSPS) is 15.2. The summed E-state index contributed by atoms with van der Waals surface area (Å²) in [7, 11) is 0. The van der Waals surface area contributed by atoms with Gasteiger partial charge in [0.1, 0.15) is 23.1 Å². The zero-order valence-corrected chi connectivity index (χ0v) is 19.4. The molecule has 1 aromatic heterocycles. The van der Waals surface area contributed by atoms with E-state index in [0.29, 0.717) is 30.3 Å². The molecule has 1 aliphatic rings. The Labute approximate surface area is 188 Å². The van der Waals surface area contributed by atoms with Gasteiger partial charge in [-0.25, -0.2) is 9.78 Å². The minimum atomic E-state index is -0.727. The van der Waals surface area contributed by atoms with Crippen molar-refractivity contribution in [3.8, 4) is 17.4 Å². The predicted octanol–water partition coefficient (Wildman–Crippen LogP) is 4.79. The summed E-state index contributed by atoms with van der Waals surface area (Å²) in [6, 6.07) is 8.35. The molecule has 0 fully saturated rings. The topological polar surface area (TPSA) is 98.8 Å². The first-order valence-electron chi connectivity index (χ1n) is 10.7. The van der Waals surface area contributed by atoms with Crippen molar-refractivity contribution >= 4 is 17.7 Å². The Kier molecular flexibility index (Phi) is 6.62. The van der Waals surface area contributed by atoms with Crippen LogP contribution in [0.3, 0.4) is 0 Å². The van der Waals surface area contributed by atoms with Crippen LogP contribution in [0.15, 0.2) is 36.5 Å². The van der Waals surface area contributed by atoms with E-state index in [1.165, 1.54) is 6.20 Å². The number of hydrogen-bond donors (Lipinski definition) is 2. The molecule has 172 valence electrons. The minimum absolute atomic E-state index is 0.157. The number of aromatic nitrogens is 1. The van der Waals surface area contributed by atoms with Crippen LogP contribution < -0.4 is 20.1 Å². The van der Waals surface area contributed by atoms with E-state index in [2.05, 4.69) is 29.5 Å². The maximum atomic E-state index is 12.6. The average Bonchev–Trinajstić information content (AvgIpc) is 3.02. The number of carbonyl (C=O) groups excluding carboxylic acids is 2. The van der Waals surface area contributed by atoms with Gasteiger partial charge in [-0.2, -0.15) is 0 Å². The van der Waals surface area contributed by atoms with Crippen molar-refractivity contribution in [3.63, 3.8) is 0 Å². The van der Waals surface area contributed by atoms with E-state index in [1.807, 2.05) is 18.2 Å². The van der Waals surface area contributed by atoms with Crippen molar-refractivity contribution in [1.82, 2.24) is 10.3 Å². The Balaban J connectivity index is 1.63. The lowest BCUT2D eigenvalue weighted by atomic mass is 9.86. The molecule has 1 aliphatic heterocycles. The molecule has 1 aromatic carbocycles. The number of hydrogen-bond acceptors (Lipinski definition) is 6. The van der Waals surface area contributed by atoms with Crippen LogP contribution >= 0.6 is 0 Å². The molecule has 0 spiro atoms. The van der Waals surface area contributed by atoms with Gasteiger partial charge in [-0.15, -0.1) is 0 Å².